The second-order valence-corrected chi connectivity index (χ2v) is 9.46. The molecular formula is C20H38N2O6S. The van der Waals surface area contributed by atoms with Crippen LogP contribution < -0.4 is 5.32 Å². The summed E-state index contributed by atoms with van der Waals surface area (Å²) in [4.78, 5) is 15.1. The fourth-order valence-corrected chi connectivity index (χ4v) is 5.05. The van der Waals surface area contributed by atoms with Crippen LogP contribution in [0.3, 0.4) is 0 Å². The first-order chi connectivity index (χ1) is 13.8. The van der Waals surface area contributed by atoms with Gasteiger partial charge in [0, 0.05) is 13.1 Å². The molecule has 170 valence electrons. The topological polar surface area (TPSA) is 122 Å². The van der Waals surface area contributed by atoms with Crippen molar-refractivity contribution in [2.75, 3.05) is 26.0 Å². The minimum Gasteiger partial charge on any atom is -0.395 e. The van der Waals surface area contributed by atoms with E-state index in [1.165, 1.54) is 11.8 Å². The monoisotopic (exact) mass is 434 g/mol. The van der Waals surface area contributed by atoms with Gasteiger partial charge >= 0.3 is 0 Å². The summed E-state index contributed by atoms with van der Waals surface area (Å²) in [7, 11) is 0. The first-order valence-corrected chi connectivity index (χ1v) is 11.9. The lowest BCUT2D eigenvalue weighted by Crippen LogP contribution is -2.68. The lowest BCUT2D eigenvalue weighted by Gasteiger charge is -2.49. The summed E-state index contributed by atoms with van der Waals surface area (Å²) in [6, 6.07) is -0.819. The zero-order valence-electron chi connectivity index (χ0n) is 17.9. The van der Waals surface area contributed by atoms with Gasteiger partial charge in [0.15, 0.2) is 0 Å². The predicted octanol–water partition coefficient (Wildman–Crippen LogP) is -0.219. The van der Waals surface area contributed by atoms with E-state index in [1.54, 1.807) is 6.26 Å². The summed E-state index contributed by atoms with van der Waals surface area (Å²) in [6.07, 6.45) is 0.197. The maximum Gasteiger partial charge on any atom is 0.238 e. The van der Waals surface area contributed by atoms with Gasteiger partial charge in [0.2, 0.25) is 5.91 Å². The van der Waals surface area contributed by atoms with Crippen molar-refractivity contribution in [2.24, 2.45) is 11.8 Å². The number of amides is 1. The fraction of sp³-hybridized carbons (Fsp3) is 0.950. The maximum absolute atomic E-state index is 13.2. The molecule has 0 aromatic rings. The number of aliphatic hydroxyl groups excluding tert-OH is 4. The standard InChI is InChI=1S/C20H38N2O6S/c1-5-6-7-12-10-22(8-9-23)14(12)19(27)21-13(11(2)3)18-16(25)15(24)17(26)20(28-18)29-4/h11-18,20,23-26H,5-10H2,1-4H3,(H,21,27)/t12-,13+,14-,15-,16+,17+,18+,20+/m0/s1. The van der Waals surface area contributed by atoms with Crippen molar-refractivity contribution in [3.8, 4) is 0 Å². The number of β-amino-alcohol motifs (C(OH)–C–C–N with tert-alkyl or cyclic N) is 1. The van der Waals surface area contributed by atoms with Gasteiger partial charge in [0.25, 0.3) is 0 Å². The third kappa shape index (κ3) is 5.64. The van der Waals surface area contributed by atoms with Crippen LogP contribution in [0.5, 0.6) is 0 Å². The van der Waals surface area contributed by atoms with Crippen LogP contribution in [-0.2, 0) is 9.53 Å². The smallest absolute Gasteiger partial charge is 0.238 e. The molecule has 0 aliphatic carbocycles. The summed E-state index contributed by atoms with van der Waals surface area (Å²) in [5.74, 6) is 0.0588. The summed E-state index contributed by atoms with van der Waals surface area (Å²) in [6.45, 7) is 7.22. The van der Waals surface area contributed by atoms with Crippen molar-refractivity contribution in [1.29, 1.82) is 0 Å². The van der Waals surface area contributed by atoms with E-state index in [2.05, 4.69) is 12.2 Å². The lowest BCUT2D eigenvalue weighted by atomic mass is 9.82. The molecule has 2 rings (SSSR count). The molecule has 2 fully saturated rings. The number of nitrogens with one attached hydrogen (secondary N) is 1. The molecule has 8 atom stereocenters. The number of carbonyl (C=O) groups excluding carboxylic acids is 1. The SMILES string of the molecule is CCCC[C@H]1CN(CCO)[C@@H]1C(=O)N[C@H](C(C)C)[C@H]1O[C@H](SC)[C@H](O)[C@@H](O)[C@H]1O. The van der Waals surface area contributed by atoms with E-state index in [1.807, 2.05) is 18.7 Å². The Labute approximate surface area is 178 Å². The molecule has 0 spiro atoms. The molecule has 2 heterocycles. The highest BCUT2D eigenvalue weighted by Crippen LogP contribution is 2.32. The van der Waals surface area contributed by atoms with E-state index in [0.717, 1.165) is 25.8 Å². The summed E-state index contributed by atoms with van der Waals surface area (Å²) in [5.41, 5.74) is -0.677. The van der Waals surface area contributed by atoms with E-state index < -0.39 is 35.9 Å². The van der Waals surface area contributed by atoms with Gasteiger partial charge in [-0.2, -0.15) is 0 Å². The van der Waals surface area contributed by atoms with E-state index in [0.29, 0.717) is 6.54 Å². The summed E-state index contributed by atoms with van der Waals surface area (Å²) in [5, 5.41) is 43.2. The largest absolute Gasteiger partial charge is 0.395 e. The minimum absolute atomic E-state index is 0.00181. The number of hydrogen-bond acceptors (Lipinski definition) is 8. The van der Waals surface area contributed by atoms with Crippen molar-refractivity contribution in [3.63, 3.8) is 0 Å². The van der Waals surface area contributed by atoms with Crippen molar-refractivity contribution in [2.45, 2.75) is 82.0 Å². The van der Waals surface area contributed by atoms with Crippen LogP contribution in [0, 0.1) is 11.8 Å². The van der Waals surface area contributed by atoms with E-state index in [-0.39, 0.29) is 30.4 Å². The molecule has 29 heavy (non-hydrogen) atoms. The predicted molar refractivity (Wildman–Crippen MR) is 112 cm³/mol. The molecule has 9 heteroatoms. The number of unbranched alkanes of at least 4 members (excludes halogenated alkanes) is 1. The Bertz CT molecular complexity index is 523. The van der Waals surface area contributed by atoms with Gasteiger partial charge in [-0.3, -0.25) is 9.69 Å². The number of rotatable bonds is 10. The van der Waals surface area contributed by atoms with Crippen LogP contribution >= 0.6 is 11.8 Å². The minimum atomic E-state index is -1.34. The van der Waals surface area contributed by atoms with E-state index in [4.69, 9.17) is 4.74 Å². The zero-order chi connectivity index (χ0) is 21.7. The van der Waals surface area contributed by atoms with E-state index in [9.17, 15) is 25.2 Å². The maximum atomic E-state index is 13.2. The average molecular weight is 435 g/mol. The average Bonchev–Trinajstić information content (AvgIpc) is 2.67. The van der Waals surface area contributed by atoms with Gasteiger partial charge in [-0.15, -0.1) is 11.8 Å². The van der Waals surface area contributed by atoms with Crippen molar-refractivity contribution in [3.05, 3.63) is 0 Å². The Morgan fingerprint density at radius 1 is 1.24 bits per heavy atom. The highest BCUT2D eigenvalue weighted by Gasteiger charge is 2.49. The number of thioether (sulfide) groups is 1. The normalized spacial score (nSPS) is 36.7. The summed E-state index contributed by atoms with van der Waals surface area (Å²) >= 11 is 1.26. The fourth-order valence-electron chi connectivity index (χ4n) is 4.37. The third-order valence-electron chi connectivity index (χ3n) is 6.11. The van der Waals surface area contributed by atoms with Crippen molar-refractivity contribution in [1.82, 2.24) is 10.2 Å². The highest BCUT2D eigenvalue weighted by atomic mass is 32.2. The van der Waals surface area contributed by atoms with Gasteiger partial charge in [-0.05, 0) is 24.5 Å². The van der Waals surface area contributed by atoms with Gasteiger partial charge < -0.3 is 30.5 Å². The van der Waals surface area contributed by atoms with Crippen LogP contribution in [0.4, 0.5) is 0 Å². The van der Waals surface area contributed by atoms with Crippen LogP contribution in [0.2, 0.25) is 0 Å². The highest BCUT2D eigenvalue weighted by molar-refractivity contribution is 7.99. The quantitative estimate of drug-likeness (QED) is 0.320. The van der Waals surface area contributed by atoms with Gasteiger partial charge in [-0.25, -0.2) is 0 Å². The van der Waals surface area contributed by atoms with Crippen molar-refractivity contribution >= 4 is 17.7 Å². The number of carbonyl (C=O) groups is 1. The molecule has 5 N–H and O–H groups in total. The number of nitrogens with zero attached hydrogens (tertiary/aromatic N) is 1. The first kappa shape index (κ1) is 24.8. The zero-order valence-corrected chi connectivity index (χ0v) is 18.7. The summed E-state index contributed by atoms with van der Waals surface area (Å²) < 4.78 is 5.89. The Kier molecular flexibility index (Phi) is 9.66. The van der Waals surface area contributed by atoms with Crippen molar-refractivity contribution < 1.29 is 30.0 Å². The number of hydrogen-bond donors (Lipinski definition) is 5. The Balaban J connectivity index is 2.12. The molecule has 1 amide bonds. The number of ether oxygens (including phenoxy) is 1. The number of likely N-dealkylation sites (tertiary alicyclic amines) is 1. The number of aliphatic hydroxyl groups is 4. The first-order valence-electron chi connectivity index (χ1n) is 10.6. The second-order valence-electron chi connectivity index (χ2n) is 8.52. The molecule has 0 saturated carbocycles. The molecule has 0 unspecified atom stereocenters. The van der Waals surface area contributed by atoms with E-state index >= 15 is 0 Å². The molecule has 2 aliphatic rings. The molecule has 0 aromatic heterocycles. The molecule has 8 nitrogen and oxygen atoms in total. The molecule has 2 aliphatic heterocycles. The van der Waals surface area contributed by atoms with Gasteiger partial charge in [0.05, 0.1) is 18.7 Å². The molecule has 0 radical (unpaired) electrons. The molecule has 0 bridgehead atoms. The Morgan fingerprint density at radius 2 is 1.93 bits per heavy atom. The van der Waals surface area contributed by atoms with Crippen LogP contribution in [0.1, 0.15) is 40.0 Å². The van der Waals surface area contributed by atoms with Gasteiger partial charge in [0.1, 0.15) is 29.9 Å². The van der Waals surface area contributed by atoms with Gasteiger partial charge in [-0.1, -0.05) is 33.6 Å². The Hall–Kier alpha value is -0.420. The lowest BCUT2D eigenvalue weighted by molar-refractivity contribution is -0.208. The van der Waals surface area contributed by atoms with Crippen LogP contribution in [0.25, 0.3) is 0 Å². The molecule has 2 saturated heterocycles. The Morgan fingerprint density at radius 3 is 2.48 bits per heavy atom. The van der Waals surface area contributed by atoms with Crippen LogP contribution in [-0.4, -0.2) is 99.1 Å². The molecular weight excluding hydrogens is 396 g/mol. The van der Waals surface area contributed by atoms with Crippen LogP contribution in [0.15, 0.2) is 0 Å². The molecule has 0 aromatic carbocycles. The second kappa shape index (κ2) is 11.3. The third-order valence-corrected chi connectivity index (χ3v) is 6.97.